The number of hydrogen-bond acceptors (Lipinski definition) is 3. The van der Waals surface area contributed by atoms with E-state index in [-0.39, 0.29) is 11.3 Å². The Kier molecular flexibility index (Phi) is 3.92. The fraction of sp³-hybridized carbons (Fsp3) is 0.421. The summed E-state index contributed by atoms with van der Waals surface area (Å²) >= 11 is 0. The Morgan fingerprint density at radius 2 is 1.74 bits per heavy atom. The molecule has 1 fully saturated rings. The van der Waals surface area contributed by atoms with Crippen LogP contribution in [0.3, 0.4) is 0 Å². The highest BCUT2D eigenvalue weighted by Crippen LogP contribution is 2.42. The summed E-state index contributed by atoms with van der Waals surface area (Å²) in [7, 11) is 0. The molecule has 2 heterocycles. The number of aromatic nitrogens is 2. The van der Waals surface area contributed by atoms with Gasteiger partial charge >= 0.3 is 0 Å². The second kappa shape index (κ2) is 5.76. The van der Waals surface area contributed by atoms with Crippen LogP contribution >= 0.6 is 0 Å². The Hall–Kier alpha value is -2.23. The van der Waals surface area contributed by atoms with E-state index in [2.05, 4.69) is 48.1 Å². The normalized spacial score (nSPS) is 19.8. The van der Waals surface area contributed by atoms with Crippen LogP contribution in [0.15, 0.2) is 36.7 Å². The maximum atomic E-state index is 13.0. The van der Waals surface area contributed by atoms with Crippen molar-refractivity contribution in [3.8, 4) is 0 Å². The summed E-state index contributed by atoms with van der Waals surface area (Å²) < 4.78 is 0. The average Bonchev–Trinajstić information content (AvgIpc) is 2.83. The molecule has 1 amide bonds. The van der Waals surface area contributed by atoms with Gasteiger partial charge in [-0.3, -0.25) is 4.79 Å². The van der Waals surface area contributed by atoms with E-state index in [1.54, 1.807) is 0 Å². The predicted molar refractivity (Wildman–Crippen MR) is 90.4 cm³/mol. The molecule has 4 nitrogen and oxygen atoms in total. The van der Waals surface area contributed by atoms with Gasteiger partial charge in [0, 0.05) is 19.0 Å². The van der Waals surface area contributed by atoms with Gasteiger partial charge in [0.1, 0.15) is 6.33 Å². The summed E-state index contributed by atoms with van der Waals surface area (Å²) in [5.74, 6) is 0.394. The molecule has 0 aliphatic carbocycles. The van der Waals surface area contributed by atoms with Gasteiger partial charge in [0.25, 0.3) is 5.91 Å². The fourth-order valence-electron chi connectivity index (χ4n) is 3.59. The Bertz CT molecular complexity index is 704. The van der Waals surface area contributed by atoms with Crippen LogP contribution in [0, 0.1) is 19.3 Å². The molecule has 4 heteroatoms. The van der Waals surface area contributed by atoms with Crippen molar-refractivity contribution in [3.63, 3.8) is 0 Å². The number of benzene rings is 1. The fourth-order valence-corrected chi connectivity index (χ4v) is 3.59. The summed E-state index contributed by atoms with van der Waals surface area (Å²) in [5, 5.41) is 0. The Balaban J connectivity index is 1.90. The summed E-state index contributed by atoms with van der Waals surface area (Å²) in [6.45, 7) is 9.71. The highest BCUT2D eigenvalue weighted by Gasteiger charge is 2.42. The number of carbonyl (C=O) groups is 1. The number of likely N-dealkylation sites (tertiary alicyclic amines) is 1. The third-order valence-corrected chi connectivity index (χ3v) is 4.87. The van der Waals surface area contributed by atoms with Crippen LogP contribution in [0.4, 0.5) is 0 Å². The lowest BCUT2D eigenvalue weighted by Crippen LogP contribution is -2.31. The molecule has 0 bridgehead atoms. The molecule has 3 rings (SSSR count). The minimum absolute atomic E-state index is 0.0482. The van der Waals surface area contributed by atoms with Crippen molar-refractivity contribution in [1.82, 2.24) is 14.9 Å². The van der Waals surface area contributed by atoms with Crippen molar-refractivity contribution < 1.29 is 4.79 Å². The molecule has 2 aromatic rings. The van der Waals surface area contributed by atoms with Gasteiger partial charge in [-0.05, 0) is 24.8 Å². The Morgan fingerprint density at radius 3 is 2.35 bits per heavy atom. The van der Waals surface area contributed by atoms with Gasteiger partial charge in [0.15, 0.2) is 0 Å². The maximum Gasteiger partial charge on any atom is 0.257 e. The molecule has 1 atom stereocenters. The van der Waals surface area contributed by atoms with Crippen molar-refractivity contribution in [3.05, 3.63) is 59.2 Å². The van der Waals surface area contributed by atoms with Gasteiger partial charge in [-0.2, -0.15) is 0 Å². The van der Waals surface area contributed by atoms with Crippen molar-refractivity contribution in [2.24, 2.45) is 5.41 Å². The van der Waals surface area contributed by atoms with Gasteiger partial charge in [-0.25, -0.2) is 9.97 Å². The summed E-state index contributed by atoms with van der Waals surface area (Å²) in [6.07, 6.45) is 1.52. The molecule has 0 spiro atoms. The Morgan fingerprint density at radius 1 is 1.13 bits per heavy atom. The van der Waals surface area contributed by atoms with Crippen LogP contribution < -0.4 is 0 Å². The van der Waals surface area contributed by atoms with E-state index in [0.29, 0.717) is 11.5 Å². The standard InChI is InChI=1S/C19H23N3O/c1-13-17(14(2)21-12-20-13)18(23)22-10-16(19(3,4)11-22)15-8-6-5-7-9-15/h5-9,12,16H,10-11H2,1-4H3/t16-/m0/s1. The summed E-state index contributed by atoms with van der Waals surface area (Å²) in [6, 6.07) is 10.5. The lowest BCUT2D eigenvalue weighted by Gasteiger charge is -2.25. The molecule has 23 heavy (non-hydrogen) atoms. The van der Waals surface area contributed by atoms with Crippen LogP contribution in [0.2, 0.25) is 0 Å². The van der Waals surface area contributed by atoms with Gasteiger partial charge in [0.2, 0.25) is 0 Å². The first-order chi connectivity index (χ1) is 10.9. The molecule has 1 aromatic heterocycles. The molecule has 0 N–H and O–H groups in total. The first-order valence-corrected chi connectivity index (χ1v) is 8.02. The van der Waals surface area contributed by atoms with E-state index in [4.69, 9.17) is 0 Å². The van der Waals surface area contributed by atoms with E-state index < -0.39 is 0 Å². The quantitative estimate of drug-likeness (QED) is 0.854. The zero-order valence-electron chi connectivity index (χ0n) is 14.2. The van der Waals surface area contributed by atoms with Gasteiger partial charge in [-0.1, -0.05) is 44.2 Å². The third kappa shape index (κ3) is 2.85. The second-order valence-corrected chi connectivity index (χ2v) is 7.06. The van der Waals surface area contributed by atoms with E-state index in [9.17, 15) is 4.79 Å². The van der Waals surface area contributed by atoms with E-state index in [1.807, 2.05) is 24.8 Å². The maximum absolute atomic E-state index is 13.0. The molecule has 0 radical (unpaired) electrons. The molecule has 1 aliphatic rings. The van der Waals surface area contributed by atoms with Crippen molar-refractivity contribution in [1.29, 1.82) is 0 Å². The largest absolute Gasteiger partial charge is 0.337 e. The van der Waals surface area contributed by atoms with Crippen LogP contribution in [-0.2, 0) is 0 Å². The highest BCUT2D eigenvalue weighted by molar-refractivity contribution is 5.96. The first kappa shape index (κ1) is 15.7. The number of carbonyl (C=O) groups excluding carboxylic acids is 1. The third-order valence-electron chi connectivity index (χ3n) is 4.87. The molecule has 0 saturated carbocycles. The van der Waals surface area contributed by atoms with Crippen LogP contribution in [0.1, 0.15) is 47.1 Å². The second-order valence-electron chi connectivity index (χ2n) is 7.06. The predicted octanol–water partition coefficient (Wildman–Crippen LogP) is 3.36. The molecule has 1 aromatic carbocycles. The lowest BCUT2D eigenvalue weighted by molar-refractivity contribution is 0.0775. The number of aryl methyl sites for hydroxylation is 2. The first-order valence-electron chi connectivity index (χ1n) is 8.02. The minimum Gasteiger partial charge on any atom is -0.337 e. The highest BCUT2D eigenvalue weighted by atomic mass is 16.2. The van der Waals surface area contributed by atoms with E-state index >= 15 is 0 Å². The summed E-state index contributed by atoms with van der Waals surface area (Å²) in [4.78, 5) is 23.3. The van der Waals surface area contributed by atoms with Gasteiger partial charge in [0.05, 0.1) is 17.0 Å². The number of hydrogen-bond donors (Lipinski definition) is 0. The SMILES string of the molecule is Cc1ncnc(C)c1C(=O)N1C[C@@H](c2ccccc2)C(C)(C)C1. The van der Waals surface area contributed by atoms with Crippen molar-refractivity contribution in [2.45, 2.75) is 33.6 Å². The van der Waals surface area contributed by atoms with E-state index in [0.717, 1.165) is 24.5 Å². The number of nitrogens with zero attached hydrogens (tertiary/aromatic N) is 3. The Labute approximate surface area is 137 Å². The molecule has 120 valence electrons. The number of rotatable bonds is 2. The topological polar surface area (TPSA) is 46.1 Å². The van der Waals surface area contributed by atoms with Crippen LogP contribution in [0.25, 0.3) is 0 Å². The summed E-state index contributed by atoms with van der Waals surface area (Å²) in [5.41, 5.74) is 3.50. The lowest BCUT2D eigenvalue weighted by atomic mass is 9.78. The van der Waals surface area contributed by atoms with E-state index in [1.165, 1.54) is 11.9 Å². The molecule has 1 saturated heterocycles. The zero-order valence-corrected chi connectivity index (χ0v) is 14.2. The van der Waals surface area contributed by atoms with Crippen LogP contribution in [-0.4, -0.2) is 33.9 Å². The van der Waals surface area contributed by atoms with Crippen LogP contribution in [0.5, 0.6) is 0 Å². The molecule has 1 aliphatic heterocycles. The van der Waals surface area contributed by atoms with Crippen molar-refractivity contribution in [2.75, 3.05) is 13.1 Å². The minimum atomic E-state index is 0.0482. The van der Waals surface area contributed by atoms with Gasteiger partial charge in [-0.15, -0.1) is 0 Å². The zero-order chi connectivity index (χ0) is 16.6. The smallest absolute Gasteiger partial charge is 0.257 e. The monoisotopic (exact) mass is 309 g/mol. The van der Waals surface area contributed by atoms with Crippen molar-refractivity contribution >= 4 is 5.91 Å². The molecular formula is C19H23N3O. The number of amides is 1. The molecular weight excluding hydrogens is 286 g/mol. The van der Waals surface area contributed by atoms with Gasteiger partial charge < -0.3 is 4.90 Å². The molecule has 0 unspecified atom stereocenters. The average molecular weight is 309 g/mol.